The third-order valence-corrected chi connectivity index (χ3v) is 6.76. The van der Waals surface area contributed by atoms with Crippen LogP contribution in [0.2, 0.25) is 0 Å². The van der Waals surface area contributed by atoms with Gasteiger partial charge in [-0.2, -0.15) is 0 Å². The maximum absolute atomic E-state index is 13.6. The molecule has 1 saturated heterocycles. The largest absolute Gasteiger partial charge is 0.469 e. The molecule has 1 heterocycles. The number of carbonyl (C=O) groups is 2. The molecule has 1 N–H and O–H groups in total. The second-order valence-electron chi connectivity index (χ2n) is 9.66. The van der Waals surface area contributed by atoms with Crippen LogP contribution in [0.25, 0.3) is 0 Å². The number of esters is 1. The first kappa shape index (κ1) is 31.6. The van der Waals surface area contributed by atoms with Crippen LogP contribution in [0.4, 0.5) is 0 Å². The molecule has 1 unspecified atom stereocenters. The van der Waals surface area contributed by atoms with Crippen LogP contribution in [0.1, 0.15) is 79.6 Å². The third kappa shape index (κ3) is 10.7. The Hall–Kier alpha value is -2.41. The van der Waals surface area contributed by atoms with Crippen LogP contribution < -0.4 is 5.32 Å². The van der Waals surface area contributed by atoms with E-state index in [1.807, 2.05) is 50.9 Å². The molecule has 0 aliphatic carbocycles. The molecular weight excluding hydrogens is 454 g/mol. The van der Waals surface area contributed by atoms with Crippen LogP contribution in [0.15, 0.2) is 41.1 Å². The predicted molar refractivity (Wildman–Crippen MR) is 148 cm³/mol. The molecule has 1 aliphatic heterocycles. The van der Waals surface area contributed by atoms with E-state index in [2.05, 4.69) is 25.7 Å². The molecule has 7 nitrogen and oxygen atoms in total. The van der Waals surface area contributed by atoms with Crippen molar-refractivity contribution in [2.75, 3.05) is 27.3 Å². The van der Waals surface area contributed by atoms with E-state index >= 15 is 0 Å². The predicted octanol–water partition coefficient (Wildman–Crippen LogP) is 5.23. The zero-order valence-corrected chi connectivity index (χ0v) is 23.6. The number of nitrogens with one attached hydrogen (secondary N) is 1. The minimum Gasteiger partial charge on any atom is -0.469 e. The molecule has 1 rings (SSSR count). The number of nitrogens with zero attached hydrogens (tertiary/aromatic N) is 2. The van der Waals surface area contributed by atoms with Crippen LogP contribution in [-0.2, 0) is 19.1 Å². The van der Waals surface area contributed by atoms with Gasteiger partial charge in [0, 0.05) is 25.3 Å². The second kappa shape index (κ2) is 17.1. The van der Waals surface area contributed by atoms with Crippen molar-refractivity contribution in [3.8, 4) is 0 Å². The molecule has 0 aromatic rings. The Morgan fingerprint density at radius 2 is 1.94 bits per heavy atom. The van der Waals surface area contributed by atoms with Gasteiger partial charge in [0.25, 0.3) is 5.91 Å². The molecule has 1 aliphatic rings. The fourth-order valence-electron chi connectivity index (χ4n) is 4.17. The van der Waals surface area contributed by atoms with Crippen molar-refractivity contribution < 1.29 is 19.1 Å². The summed E-state index contributed by atoms with van der Waals surface area (Å²) in [6.07, 6.45) is 12.0. The van der Waals surface area contributed by atoms with E-state index in [0.717, 1.165) is 56.3 Å². The zero-order valence-electron chi connectivity index (χ0n) is 23.6. The van der Waals surface area contributed by atoms with Gasteiger partial charge in [-0.1, -0.05) is 51.0 Å². The van der Waals surface area contributed by atoms with Gasteiger partial charge in [-0.3, -0.25) is 14.6 Å². The summed E-state index contributed by atoms with van der Waals surface area (Å²) in [4.78, 5) is 32.7. The fourth-order valence-corrected chi connectivity index (χ4v) is 4.17. The van der Waals surface area contributed by atoms with Crippen LogP contribution in [-0.4, -0.2) is 68.0 Å². The lowest BCUT2D eigenvalue weighted by Crippen LogP contribution is -2.42. The molecule has 0 aromatic carbocycles. The molecule has 36 heavy (non-hydrogen) atoms. The first-order chi connectivity index (χ1) is 17.2. The average Bonchev–Trinajstić information content (AvgIpc) is 3.10. The molecule has 7 heteroatoms. The zero-order chi connectivity index (χ0) is 27.1. The van der Waals surface area contributed by atoms with Gasteiger partial charge in [0.2, 0.25) is 0 Å². The highest BCUT2D eigenvalue weighted by Crippen LogP contribution is 2.19. The lowest BCUT2D eigenvalue weighted by molar-refractivity contribution is -0.148. The van der Waals surface area contributed by atoms with Crippen LogP contribution in [0, 0.1) is 5.92 Å². The normalized spacial score (nSPS) is 20.0. The number of aliphatic imine (C=N–C) groups is 1. The Bertz CT molecular complexity index is 796. The first-order valence-electron chi connectivity index (χ1n) is 13.5. The molecule has 204 valence electrons. The SMILES string of the molecule is C=C(/C=C\CC)C[C@H](CO[C@@H](C)C(C)/N=C(\C=C(\CC)NC)C(=O)N1CCCCC[C@H]1C)C(=O)OC. The highest BCUT2D eigenvalue weighted by molar-refractivity contribution is 6.43. The second-order valence-corrected chi connectivity index (χ2v) is 9.66. The molecule has 0 aromatic heterocycles. The van der Waals surface area contributed by atoms with E-state index in [9.17, 15) is 9.59 Å². The van der Waals surface area contributed by atoms with Crippen LogP contribution in [0.3, 0.4) is 0 Å². The summed E-state index contributed by atoms with van der Waals surface area (Å²) >= 11 is 0. The molecule has 0 spiro atoms. The van der Waals surface area contributed by atoms with Crippen LogP contribution >= 0.6 is 0 Å². The van der Waals surface area contributed by atoms with Gasteiger partial charge in [0.15, 0.2) is 0 Å². The summed E-state index contributed by atoms with van der Waals surface area (Å²) in [6, 6.07) is -0.0863. The Kier molecular flexibility index (Phi) is 15.0. The van der Waals surface area contributed by atoms with Crippen molar-refractivity contribution in [3.05, 3.63) is 36.1 Å². The highest BCUT2D eigenvalue weighted by Gasteiger charge is 2.27. The lowest BCUT2D eigenvalue weighted by Gasteiger charge is -2.28. The van der Waals surface area contributed by atoms with E-state index in [0.29, 0.717) is 12.1 Å². The van der Waals surface area contributed by atoms with Crippen molar-refractivity contribution in [3.63, 3.8) is 0 Å². The van der Waals surface area contributed by atoms with E-state index in [4.69, 9.17) is 14.5 Å². The number of ether oxygens (including phenoxy) is 2. The van der Waals surface area contributed by atoms with E-state index in [1.165, 1.54) is 7.11 Å². The van der Waals surface area contributed by atoms with Gasteiger partial charge < -0.3 is 19.7 Å². The number of hydrogen-bond donors (Lipinski definition) is 1. The summed E-state index contributed by atoms with van der Waals surface area (Å²) in [5, 5.41) is 3.17. The Balaban J connectivity index is 3.05. The number of amides is 1. The Morgan fingerprint density at radius 3 is 2.56 bits per heavy atom. The Labute approximate surface area is 219 Å². The average molecular weight is 504 g/mol. The van der Waals surface area contributed by atoms with Crippen molar-refractivity contribution in [2.24, 2.45) is 10.9 Å². The van der Waals surface area contributed by atoms with Crippen molar-refractivity contribution in [2.45, 2.75) is 97.8 Å². The molecule has 0 bridgehead atoms. The monoisotopic (exact) mass is 503 g/mol. The fraction of sp³-hybridized carbons (Fsp3) is 0.690. The molecule has 4 atom stereocenters. The number of rotatable bonds is 14. The lowest BCUT2D eigenvalue weighted by atomic mass is 10.0. The molecule has 1 fully saturated rings. The van der Waals surface area contributed by atoms with Gasteiger partial charge in [-0.25, -0.2) is 0 Å². The minimum atomic E-state index is -0.447. The van der Waals surface area contributed by atoms with Crippen molar-refractivity contribution in [1.82, 2.24) is 10.2 Å². The summed E-state index contributed by atoms with van der Waals surface area (Å²) in [5.41, 5.74) is 2.26. The maximum Gasteiger partial charge on any atom is 0.311 e. The minimum absolute atomic E-state index is 0.0314. The van der Waals surface area contributed by atoms with Crippen molar-refractivity contribution in [1.29, 1.82) is 0 Å². The smallest absolute Gasteiger partial charge is 0.311 e. The number of hydrogen-bond acceptors (Lipinski definition) is 6. The van der Waals surface area contributed by atoms with Gasteiger partial charge in [-0.05, 0) is 59.0 Å². The quantitative estimate of drug-likeness (QED) is 0.200. The summed E-state index contributed by atoms with van der Waals surface area (Å²) in [7, 11) is 3.25. The van der Waals surface area contributed by atoms with Gasteiger partial charge in [0.1, 0.15) is 5.71 Å². The number of methoxy groups -OCH3 is 1. The number of carbonyl (C=O) groups excluding carboxylic acids is 2. The maximum atomic E-state index is 13.6. The van der Waals surface area contributed by atoms with Gasteiger partial charge in [0.05, 0.1) is 31.8 Å². The number of allylic oxidation sites excluding steroid dienone is 4. The third-order valence-electron chi connectivity index (χ3n) is 6.76. The molecular formula is C29H49N3O4. The molecule has 0 radical (unpaired) electrons. The van der Waals surface area contributed by atoms with E-state index in [-0.39, 0.29) is 36.7 Å². The summed E-state index contributed by atoms with van der Waals surface area (Å²) in [6.45, 7) is 15.1. The first-order valence-corrected chi connectivity index (χ1v) is 13.5. The van der Waals surface area contributed by atoms with Gasteiger partial charge >= 0.3 is 5.97 Å². The summed E-state index contributed by atoms with van der Waals surface area (Å²) < 4.78 is 11.1. The van der Waals surface area contributed by atoms with Crippen molar-refractivity contribution >= 4 is 17.6 Å². The van der Waals surface area contributed by atoms with E-state index < -0.39 is 5.92 Å². The Morgan fingerprint density at radius 1 is 1.22 bits per heavy atom. The standard InChI is InChI=1S/C29H49N3O4/c1-9-11-15-21(3)18-25(29(34)35-8)20-36-24(6)23(5)31-27(19-26(10-2)30-7)28(33)32-17-14-12-13-16-22(32)4/h11,15,19,22-25,30H,3,9-10,12-14,16-18,20H2,1-2,4-8H3/b15-11-,26-19-,31-27+/t22-,23?,24+,25-/m1/s1. The van der Waals surface area contributed by atoms with Crippen LogP contribution in [0.5, 0.6) is 0 Å². The van der Waals surface area contributed by atoms with Gasteiger partial charge in [-0.15, -0.1) is 0 Å². The summed E-state index contributed by atoms with van der Waals surface area (Å²) in [5.74, 6) is -0.798. The molecule has 1 amide bonds. The topological polar surface area (TPSA) is 80.2 Å². The number of likely N-dealkylation sites (tertiary alicyclic amines) is 1. The van der Waals surface area contributed by atoms with E-state index in [1.54, 1.807) is 0 Å². The molecule has 0 saturated carbocycles. The highest BCUT2D eigenvalue weighted by atomic mass is 16.5.